The molecule has 3 fully saturated rings. The number of piperazine rings is 1. The van der Waals surface area contributed by atoms with Crippen LogP contribution >= 0.6 is 23.1 Å². The molecule has 6 nitrogen and oxygen atoms in total. The number of carbonyl (C=O) groups excluding carboxylic acids is 1. The summed E-state index contributed by atoms with van der Waals surface area (Å²) >= 11 is 3.31. The number of thiophene rings is 1. The van der Waals surface area contributed by atoms with Crippen molar-refractivity contribution in [2.24, 2.45) is 17.8 Å². The fourth-order valence-corrected chi connectivity index (χ4v) is 7.85. The molecule has 0 aromatic carbocycles. The minimum absolute atomic E-state index is 0.158. The summed E-state index contributed by atoms with van der Waals surface area (Å²) in [6.45, 7) is 11.2. The Balaban J connectivity index is 1.36. The van der Waals surface area contributed by atoms with E-state index in [1.54, 1.807) is 23.1 Å². The fourth-order valence-electron chi connectivity index (χ4n) is 6.12. The van der Waals surface area contributed by atoms with Crippen molar-refractivity contribution in [1.29, 1.82) is 0 Å². The van der Waals surface area contributed by atoms with Crippen LogP contribution in [0.15, 0.2) is 22.7 Å². The maximum absolute atomic E-state index is 13.2. The zero-order valence-electron chi connectivity index (χ0n) is 19.4. The summed E-state index contributed by atoms with van der Waals surface area (Å²) in [5.74, 6) is 3.63. The summed E-state index contributed by atoms with van der Waals surface area (Å²) < 4.78 is 2.36. The number of rotatable bonds is 7. The zero-order chi connectivity index (χ0) is 22.2. The van der Waals surface area contributed by atoms with E-state index < -0.39 is 0 Å². The average molecular weight is 474 g/mol. The molecule has 2 saturated carbocycles. The second kappa shape index (κ2) is 9.47. The predicted octanol–water partition coefficient (Wildman–Crippen LogP) is 4.65. The van der Waals surface area contributed by atoms with Crippen LogP contribution in [0.5, 0.6) is 0 Å². The highest BCUT2D eigenvalue weighted by molar-refractivity contribution is 8.00. The molecule has 2 aromatic heterocycles. The summed E-state index contributed by atoms with van der Waals surface area (Å²) in [7, 11) is 0. The number of hydrogen-bond donors (Lipinski definition) is 0. The van der Waals surface area contributed by atoms with Gasteiger partial charge in [-0.3, -0.25) is 9.36 Å². The van der Waals surface area contributed by atoms with Crippen LogP contribution in [0, 0.1) is 17.8 Å². The highest BCUT2D eigenvalue weighted by Crippen LogP contribution is 2.53. The van der Waals surface area contributed by atoms with Crippen LogP contribution in [0.3, 0.4) is 0 Å². The average Bonchev–Trinajstić information content (AvgIpc) is 3.62. The van der Waals surface area contributed by atoms with Gasteiger partial charge in [-0.05, 0) is 68.9 Å². The standard InChI is InChI=1S/C24H35N5OS2/c1-4-27-9-11-28(12-10-27)23(30)17(3)32-24-26-25-22(21-6-5-13-31-21)29(24)16(2)20-15-18-7-8-19(20)14-18/h5-6,13,16-20H,4,7-12,14-15H2,1-3H3. The molecular formula is C24H35N5OS2. The lowest BCUT2D eigenvalue weighted by Crippen LogP contribution is -2.50. The Labute approximate surface area is 199 Å². The Morgan fingerprint density at radius 1 is 1.19 bits per heavy atom. The molecule has 0 N–H and O–H groups in total. The molecule has 3 aliphatic rings. The van der Waals surface area contributed by atoms with Gasteiger partial charge in [-0.1, -0.05) is 31.2 Å². The Morgan fingerprint density at radius 2 is 2.00 bits per heavy atom. The smallest absolute Gasteiger partial charge is 0.235 e. The van der Waals surface area contributed by atoms with Gasteiger partial charge in [0.15, 0.2) is 11.0 Å². The van der Waals surface area contributed by atoms with Gasteiger partial charge in [0, 0.05) is 32.2 Å². The molecule has 5 atom stereocenters. The third-order valence-electron chi connectivity index (χ3n) is 7.99. The van der Waals surface area contributed by atoms with E-state index in [2.05, 4.69) is 51.0 Å². The van der Waals surface area contributed by atoms with Crippen molar-refractivity contribution in [2.45, 2.75) is 62.9 Å². The van der Waals surface area contributed by atoms with Crippen molar-refractivity contribution in [1.82, 2.24) is 24.6 Å². The lowest BCUT2D eigenvalue weighted by Gasteiger charge is -2.35. The van der Waals surface area contributed by atoms with Crippen LogP contribution in [-0.2, 0) is 4.79 Å². The number of carbonyl (C=O) groups is 1. The molecule has 1 aliphatic heterocycles. The largest absolute Gasteiger partial charge is 0.339 e. The number of aromatic nitrogens is 3. The Hall–Kier alpha value is -1.38. The SMILES string of the molecule is CCN1CCN(C(=O)C(C)Sc2nnc(-c3cccs3)n2C(C)C2CC3CCC2C3)CC1. The maximum Gasteiger partial charge on any atom is 0.235 e. The molecule has 2 aliphatic carbocycles. The lowest BCUT2D eigenvalue weighted by molar-refractivity contribution is -0.132. The first-order valence-corrected chi connectivity index (χ1v) is 14.0. The highest BCUT2D eigenvalue weighted by atomic mass is 32.2. The molecule has 8 heteroatoms. The van der Waals surface area contributed by atoms with E-state index >= 15 is 0 Å². The van der Waals surface area contributed by atoms with Gasteiger partial charge in [-0.25, -0.2) is 0 Å². The van der Waals surface area contributed by atoms with Gasteiger partial charge in [0.25, 0.3) is 0 Å². The molecule has 2 aromatic rings. The minimum atomic E-state index is -0.158. The summed E-state index contributed by atoms with van der Waals surface area (Å²) in [6.07, 6.45) is 5.50. The summed E-state index contributed by atoms with van der Waals surface area (Å²) in [5, 5.41) is 12.1. The van der Waals surface area contributed by atoms with E-state index in [4.69, 9.17) is 0 Å². The summed E-state index contributed by atoms with van der Waals surface area (Å²) in [6, 6.07) is 4.57. The zero-order valence-corrected chi connectivity index (χ0v) is 21.1. The van der Waals surface area contributed by atoms with E-state index in [-0.39, 0.29) is 11.2 Å². The molecule has 5 rings (SSSR count). The number of hydrogen-bond acceptors (Lipinski definition) is 6. The van der Waals surface area contributed by atoms with E-state index in [1.807, 2.05) is 11.8 Å². The monoisotopic (exact) mass is 473 g/mol. The van der Waals surface area contributed by atoms with Crippen molar-refractivity contribution in [2.75, 3.05) is 32.7 Å². The maximum atomic E-state index is 13.2. The van der Waals surface area contributed by atoms with Gasteiger partial charge in [-0.2, -0.15) is 0 Å². The highest BCUT2D eigenvalue weighted by Gasteiger charge is 2.43. The minimum Gasteiger partial charge on any atom is -0.339 e. The molecule has 2 bridgehead atoms. The molecular weight excluding hydrogens is 438 g/mol. The second-order valence-corrected chi connectivity index (χ2v) is 12.0. The van der Waals surface area contributed by atoms with E-state index in [1.165, 1.54) is 25.7 Å². The fraction of sp³-hybridized carbons (Fsp3) is 0.708. The topological polar surface area (TPSA) is 54.3 Å². The molecule has 32 heavy (non-hydrogen) atoms. The van der Waals surface area contributed by atoms with Crippen molar-refractivity contribution < 1.29 is 4.79 Å². The van der Waals surface area contributed by atoms with Gasteiger partial charge < -0.3 is 9.80 Å². The van der Waals surface area contributed by atoms with Crippen LogP contribution in [0.2, 0.25) is 0 Å². The molecule has 1 amide bonds. The van der Waals surface area contributed by atoms with Crippen LogP contribution in [-0.4, -0.2) is 68.4 Å². The summed E-state index contributed by atoms with van der Waals surface area (Å²) in [5.41, 5.74) is 0. The first-order chi connectivity index (χ1) is 15.5. The van der Waals surface area contributed by atoms with Gasteiger partial charge in [0.05, 0.1) is 10.1 Å². The Morgan fingerprint density at radius 3 is 2.62 bits per heavy atom. The first kappa shape index (κ1) is 22.4. The van der Waals surface area contributed by atoms with Crippen LogP contribution in [0.25, 0.3) is 10.7 Å². The van der Waals surface area contributed by atoms with E-state index in [0.717, 1.165) is 60.4 Å². The van der Waals surface area contributed by atoms with Gasteiger partial charge in [0.2, 0.25) is 5.91 Å². The predicted molar refractivity (Wildman–Crippen MR) is 131 cm³/mol. The number of amides is 1. The van der Waals surface area contributed by atoms with E-state index in [9.17, 15) is 4.79 Å². The quantitative estimate of drug-likeness (QED) is 0.548. The van der Waals surface area contributed by atoms with Crippen molar-refractivity contribution in [3.05, 3.63) is 17.5 Å². The summed E-state index contributed by atoms with van der Waals surface area (Å²) in [4.78, 5) is 18.8. The second-order valence-electron chi connectivity index (χ2n) is 9.75. The third-order valence-corrected chi connectivity index (χ3v) is 9.90. The van der Waals surface area contributed by atoms with Gasteiger partial charge in [-0.15, -0.1) is 21.5 Å². The molecule has 174 valence electrons. The Bertz CT molecular complexity index is 921. The normalized spacial score (nSPS) is 27.7. The van der Waals surface area contributed by atoms with Crippen molar-refractivity contribution >= 4 is 29.0 Å². The van der Waals surface area contributed by atoms with Crippen molar-refractivity contribution in [3.8, 4) is 10.7 Å². The molecule has 5 unspecified atom stereocenters. The lowest BCUT2D eigenvalue weighted by atomic mass is 9.84. The van der Waals surface area contributed by atoms with Crippen molar-refractivity contribution in [3.63, 3.8) is 0 Å². The molecule has 3 heterocycles. The molecule has 0 spiro atoms. The number of likely N-dealkylation sites (N-methyl/N-ethyl adjacent to an activating group) is 1. The Kier molecular flexibility index (Phi) is 6.63. The third kappa shape index (κ3) is 4.26. The molecule has 0 radical (unpaired) electrons. The number of thioether (sulfide) groups is 1. The number of fused-ring (bicyclic) bond motifs is 2. The molecule has 1 saturated heterocycles. The van der Waals surface area contributed by atoms with Gasteiger partial charge in [0.1, 0.15) is 0 Å². The number of nitrogens with zero attached hydrogens (tertiary/aromatic N) is 5. The first-order valence-electron chi connectivity index (χ1n) is 12.2. The van der Waals surface area contributed by atoms with Crippen LogP contribution in [0.1, 0.15) is 52.5 Å². The van der Waals surface area contributed by atoms with E-state index in [0.29, 0.717) is 12.0 Å². The van der Waals surface area contributed by atoms with Crippen LogP contribution < -0.4 is 0 Å². The van der Waals surface area contributed by atoms with Gasteiger partial charge >= 0.3 is 0 Å². The van der Waals surface area contributed by atoms with Crippen LogP contribution in [0.4, 0.5) is 0 Å².